The lowest BCUT2D eigenvalue weighted by molar-refractivity contribution is 0.659. The monoisotopic (exact) mass is 236 g/mol. The van der Waals surface area contributed by atoms with E-state index in [1.54, 1.807) is 11.8 Å². The number of hydrogen-bond acceptors (Lipinski definition) is 3. The van der Waals surface area contributed by atoms with Gasteiger partial charge >= 0.3 is 0 Å². The van der Waals surface area contributed by atoms with Crippen LogP contribution in [-0.4, -0.2) is 19.3 Å². The fourth-order valence-electron chi connectivity index (χ4n) is 2.40. The van der Waals surface area contributed by atoms with E-state index in [1.807, 2.05) is 0 Å². The van der Waals surface area contributed by atoms with Crippen molar-refractivity contribution in [3.8, 4) is 0 Å². The molecular formula is C13H20N2S. The number of thioether (sulfide) groups is 1. The Kier molecular flexibility index (Phi) is 3.77. The van der Waals surface area contributed by atoms with Crippen molar-refractivity contribution < 1.29 is 0 Å². The third-order valence-corrected chi connectivity index (χ3v) is 4.12. The summed E-state index contributed by atoms with van der Waals surface area (Å²) in [5.41, 5.74) is 8.54. The quantitative estimate of drug-likeness (QED) is 0.818. The minimum Gasteiger partial charge on any atom is -0.371 e. The summed E-state index contributed by atoms with van der Waals surface area (Å²) < 4.78 is 0. The predicted octanol–water partition coefficient (Wildman–Crippen LogP) is 2.71. The number of hydrogen-bond donors (Lipinski definition) is 1. The van der Waals surface area contributed by atoms with E-state index in [0.717, 1.165) is 5.92 Å². The molecule has 2 rings (SSSR count). The molecule has 0 radical (unpaired) electrons. The zero-order valence-electron chi connectivity index (χ0n) is 10.1. The molecule has 3 heteroatoms. The van der Waals surface area contributed by atoms with E-state index in [9.17, 15) is 0 Å². The van der Waals surface area contributed by atoms with Crippen LogP contribution in [0.5, 0.6) is 0 Å². The molecule has 1 aliphatic heterocycles. The van der Waals surface area contributed by atoms with Gasteiger partial charge in [-0.05, 0) is 30.7 Å². The van der Waals surface area contributed by atoms with Crippen molar-refractivity contribution in [3.63, 3.8) is 0 Å². The Bertz CT molecular complexity index is 365. The van der Waals surface area contributed by atoms with Gasteiger partial charge in [0.2, 0.25) is 0 Å². The molecule has 1 atom stereocenters. The summed E-state index contributed by atoms with van der Waals surface area (Å²) in [5, 5.41) is 0. The lowest BCUT2D eigenvalue weighted by Crippen LogP contribution is -2.21. The summed E-state index contributed by atoms with van der Waals surface area (Å²) in [7, 11) is 0. The fourth-order valence-corrected chi connectivity index (χ4v) is 3.05. The number of rotatable bonds is 3. The molecule has 1 heterocycles. The molecule has 2 N–H and O–H groups in total. The Morgan fingerprint density at radius 3 is 2.88 bits per heavy atom. The fraction of sp³-hybridized carbons (Fsp3) is 0.538. The first-order valence-corrected chi connectivity index (χ1v) is 7.09. The maximum absolute atomic E-state index is 5.89. The lowest BCUT2D eigenvalue weighted by Gasteiger charge is -2.22. The van der Waals surface area contributed by atoms with Gasteiger partial charge in [0.25, 0.3) is 0 Å². The molecule has 0 amide bonds. The van der Waals surface area contributed by atoms with Crippen molar-refractivity contribution in [1.82, 2.24) is 0 Å². The summed E-state index contributed by atoms with van der Waals surface area (Å²) in [4.78, 5) is 3.80. The van der Waals surface area contributed by atoms with Gasteiger partial charge in [-0.15, -0.1) is 11.8 Å². The average molecular weight is 236 g/mol. The van der Waals surface area contributed by atoms with Gasteiger partial charge < -0.3 is 10.6 Å². The van der Waals surface area contributed by atoms with Crippen LogP contribution in [0.3, 0.4) is 0 Å². The maximum Gasteiger partial charge on any atom is 0.0423 e. The smallest absolute Gasteiger partial charge is 0.0423 e. The topological polar surface area (TPSA) is 29.3 Å². The number of nitrogens with zero attached hydrogens (tertiary/aromatic N) is 1. The Hall–Kier alpha value is -0.670. The van der Waals surface area contributed by atoms with Crippen LogP contribution in [0, 0.1) is 5.92 Å². The summed E-state index contributed by atoms with van der Waals surface area (Å²) >= 11 is 1.79. The highest BCUT2D eigenvalue weighted by Crippen LogP contribution is 2.32. The Balaban J connectivity index is 2.32. The standard InChI is InChI=1S/C13H20N2S/c1-10-6-7-15(9-10)12-4-3-5-13(16-2)11(12)8-14/h3-5,10H,6-9,14H2,1-2H3. The molecule has 0 aliphatic carbocycles. The van der Waals surface area contributed by atoms with Crippen molar-refractivity contribution in [1.29, 1.82) is 0 Å². The minimum atomic E-state index is 0.636. The predicted molar refractivity (Wildman–Crippen MR) is 72.1 cm³/mol. The summed E-state index contributed by atoms with van der Waals surface area (Å²) in [6.07, 6.45) is 3.42. The highest BCUT2D eigenvalue weighted by atomic mass is 32.2. The van der Waals surface area contributed by atoms with Crippen LogP contribution in [0.1, 0.15) is 18.9 Å². The molecule has 0 spiro atoms. The second kappa shape index (κ2) is 5.11. The zero-order chi connectivity index (χ0) is 11.5. The molecule has 1 unspecified atom stereocenters. The Morgan fingerprint density at radius 1 is 1.50 bits per heavy atom. The van der Waals surface area contributed by atoms with Crippen molar-refractivity contribution in [2.24, 2.45) is 11.7 Å². The van der Waals surface area contributed by atoms with Crippen LogP contribution >= 0.6 is 11.8 Å². The van der Waals surface area contributed by atoms with Gasteiger partial charge in [0.05, 0.1) is 0 Å². The number of nitrogens with two attached hydrogens (primary N) is 1. The van der Waals surface area contributed by atoms with E-state index >= 15 is 0 Å². The van der Waals surface area contributed by atoms with Gasteiger partial charge in [-0.25, -0.2) is 0 Å². The highest BCUT2D eigenvalue weighted by molar-refractivity contribution is 7.98. The largest absolute Gasteiger partial charge is 0.371 e. The van der Waals surface area contributed by atoms with Crippen molar-refractivity contribution >= 4 is 17.4 Å². The van der Waals surface area contributed by atoms with Gasteiger partial charge in [0.15, 0.2) is 0 Å². The average Bonchev–Trinajstić information content (AvgIpc) is 2.74. The molecule has 0 saturated carbocycles. The molecule has 0 bridgehead atoms. The Labute approximate surface area is 102 Å². The highest BCUT2D eigenvalue weighted by Gasteiger charge is 2.21. The lowest BCUT2D eigenvalue weighted by atomic mass is 10.1. The maximum atomic E-state index is 5.89. The third-order valence-electron chi connectivity index (χ3n) is 3.30. The van der Waals surface area contributed by atoms with Gasteiger partial charge in [-0.3, -0.25) is 0 Å². The van der Waals surface area contributed by atoms with Crippen LogP contribution in [0.15, 0.2) is 23.1 Å². The van der Waals surface area contributed by atoms with E-state index in [1.165, 1.54) is 35.7 Å². The molecule has 1 aromatic rings. The molecular weight excluding hydrogens is 216 g/mol. The van der Waals surface area contributed by atoms with Gasteiger partial charge in [0.1, 0.15) is 0 Å². The number of anilines is 1. The first-order chi connectivity index (χ1) is 7.76. The molecule has 2 nitrogen and oxygen atoms in total. The van der Waals surface area contributed by atoms with Crippen molar-refractivity contribution in [3.05, 3.63) is 23.8 Å². The van der Waals surface area contributed by atoms with Crippen LogP contribution < -0.4 is 10.6 Å². The first kappa shape index (κ1) is 11.8. The van der Waals surface area contributed by atoms with E-state index < -0.39 is 0 Å². The van der Waals surface area contributed by atoms with Gasteiger partial charge in [-0.2, -0.15) is 0 Å². The molecule has 16 heavy (non-hydrogen) atoms. The summed E-state index contributed by atoms with van der Waals surface area (Å²) in [5.74, 6) is 0.809. The molecule has 1 fully saturated rings. The number of benzene rings is 1. The molecule has 1 aromatic carbocycles. The molecule has 1 saturated heterocycles. The third kappa shape index (κ3) is 2.20. The van der Waals surface area contributed by atoms with Gasteiger partial charge in [-0.1, -0.05) is 13.0 Å². The summed E-state index contributed by atoms with van der Waals surface area (Å²) in [6.45, 7) is 5.30. The Morgan fingerprint density at radius 2 is 2.31 bits per heavy atom. The molecule has 0 aromatic heterocycles. The van der Waals surface area contributed by atoms with Crippen LogP contribution in [-0.2, 0) is 6.54 Å². The van der Waals surface area contributed by atoms with Crippen LogP contribution in [0.2, 0.25) is 0 Å². The van der Waals surface area contributed by atoms with E-state index in [0.29, 0.717) is 6.54 Å². The van der Waals surface area contributed by atoms with E-state index in [4.69, 9.17) is 5.73 Å². The zero-order valence-corrected chi connectivity index (χ0v) is 10.9. The second-order valence-electron chi connectivity index (χ2n) is 4.50. The first-order valence-electron chi connectivity index (χ1n) is 5.87. The van der Waals surface area contributed by atoms with Crippen molar-refractivity contribution in [2.75, 3.05) is 24.2 Å². The molecule has 88 valence electrons. The van der Waals surface area contributed by atoms with E-state index in [-0.39, 0.29) is 0 Å². The van der Waals surface area contributed by atoms with Gasteiger partial charge in [0, 0.05) is 35.8 Å². The van der Waals surface area contributed by atoms with E-state index in [2.05, 4.69) is 36.3 Å². The molecule has 1 aliphatic rings. The van der Waals surface area contributed by atoms with Crippen LogP contribution in [0.25, 0.3) is 0 Å². The minimum absolute atomic E-state index is 0.636. The summed E-state index contributed by atoms with van der Waals surface area (Å²) in [6, 6.07) is 6.51. The second-order valence-corrected chi connectivity index (χ2v) is 5.35. The normalized spacial score (nSPS) is 20.4. The van der Waals surface area contributed by atoms with Crippen molar-refractivity contribution in [2.45, 2.75) is 24.8 Å². The SMILES string of the molecule is CSc1cccc(N2CCC(C)C2)c1CN. The van der Waals surface area contributed by atoms with Crippen LogP contribution in [0.4, 0.5) is 5.69 Å².